The van der Waals surface area contributed by atoms with Gasteiger partial charge in [0.05, 0.1) is 48.7 Å². The molecular weight excluding hydrogens is 705 g/mol. The number of methoxy groups -OCH3 is 1. The zero-order valence-electron chi connectivity index (χ0n) is 30.8. The van der Waals surface area contributed by atoms with Gasteiger partial charge >= 0.3 is 18.4 Å². The number of piperidine rings is 1. The van der Waals surface area contributed by atoms with Gasteiger partial charge in [0.1, 0.15) is 35.5 Å². The molecule has 1 aliphatic rings. The molecule has 3 aromatic rings. The molecule has 0 spiro atoms. The molecule has 0 aliphatic carbocycles. The summed E-state index contributed by atoms with van der Waals surface area (Å²) in [5.41, 5.74) is -1.79. The van der Waals surface area contributed by atoms with Crippen molar-refractivity contribution in [1.82, 2.24) is 14.8 Å². The molecule has 0 saturated carbocycles. The highest BCUT2D eigenvalue weighted by Crippen LogP contribution is 2.34. The maximum Gasteiger partial charge on any atom is 0.415 e. The van der Waals surface area contributed by atoms with E-state index < -0.39 is 66.6 Å². The van der Waals surface area contributed by atoms with Gasteiger partial charge in [0.2, 0.25) is 0 Å². The van der Waals surface area contributed by atoms with E-state index in [-0.39, 0.29) is 47.7 Å². The summed E-state index contributed by atoms with van der Waals surface area (Å²) in [6, 6.07) is 7.30. The van der Waals surface area contributed by atoms with Crippen molar-refractivity contribution >= 4 is 40.4 Å². The highest BCUT2D eigenvalue weighted by atomic mass is 19.4. The standard InChI is InChI=1S/C37H44F5N5O6/c1-35(2,3)52-33(49)45-16-14-28(26(39)20-45)44-27-12-9-13-29-24(27)17-22(47(29)21-37(40,41)42)11-10-15-46(34(50)53-36(4,5)6)30-19-25(38)23(32(48)43-7)18-31(30)51-8/h9,12-13,17-19,26,28,44H,14-16,20-21H2,1-8H3,(H,43,48). The van der Waals surface area contributed by atoms with Crippen LogP contribution in [0.2, 0.25) is 0 Å². The van der Waals surface area contributed by atoms with Gasteiger partial charge in [-0.25, -0.2) is 18.4 Å². The number of hydrogen-bond acceptors (Lipinski definition) is 7. The molecule has 1 fully saturated rings. The predicted molar refractivity (Wildman–Crippen MR) is 190 cm³/mol. The van der Waals surface area contributed by atoms with E-state index in [4.69, 9.17) is 14.2 Å². The lowest BCUT2D eigenvalue weighted by atomic mass is 10.0. The second kappa shape index (κ2) is 15.8. The number of benzene rings is 2. The number of fused-ring (bicyclic) bond motifs is 1. The summed E-state index contributed by atoms with van der Waals surface area (Å²) < 4.78 is 89.4. The van der Waals surface area contributed by atoms with Crippen molar-refractivity contribution < 1.29 is 50.5 Å². The Morgan fingerprint density at radius 1 is 1.02 bits per heavy atom. The number of likely N-dealkylation sites (tertiary alicyclic amines) is 1. The largest absolute Gasteiger partial charge is 0.495 e. The molecule has 4 rings (SSSR count). The summed E-state index contributed by atoms with van der Waals surface area (Å²) in [6.07, 6.45) is -7.54. The highest BCUT2D eigenvalue weighted by Gasteiger charge is 2.35. The van der Waals surface area contributed by atoms with Crippen molar-refractivity contribution in [1.29, 1.82) is 0 Å². The van der Waals surface area contributed by atoms with Gasteiger partial charge in [-0.3, -0.25) is 9.69 Å². The zero-order chi connectivity index (χ0) is 39.5. The molecule has 11 nitrogen and oxygen atoms in total. The smallest absolute Gasteiger partial charge is 0.415 e. The normalized spacial score (nSPS) is 16.4. The van der Waals surface area contributed by atoms with Crippen molar-refractivity contribution in [3.63, 3.8) is 0 Å². The van der Waals surface area contributed by atoms with Crippen molar-refractivity contribution in [2.45, 2.75) is 84.1 Å². The molecule has 0 radical (unpaired) electrons. The van der Waals surface area contributed by atoms with Crippen LogP contribution in [0.3, 0.4) is 0 Å². The Hall–Kier alpha value is -5.20. The average molecular weight is 750 g/mol. The lowest BCUT2D eigenvalue weighted by Crippen LogP contribution is -2.51. The van der Waals surface area contributed by atoms with Crippen LogP contribution in [0.4, 0.5) is 42.9 Å². The first-order chi connectivity index (χ1) is 24.6. The van der Waals surface area contributed by atoms with Gasteiger partial charge < -0.3 is 34.3 Å². The van der Waals surface area contributed by atoms with E-state index in [1.165, 1.54) is 37.3 Å². The number of anilines is 2. The van der Waals surface area contributed by atoms with Crippen LogP contribution < -0.4 is 20.3 Å². The van der Waals surface area contributed by atoms with Crippen LogP contribution >= 0.6 is 0 Å². The number of amides is 3. The second-order valence-electron chi connectivity index (χ2n) is 14.4. The van der Waals surface area contributed by atoms with Gasteiger partial charge in [-0.15, -0.1) is 0 Å². The van der Waals surface area contributed by atoms with E-state index in [2.05, 4.69) is 22.5 Å². The summed E-state index contributed by atoms with van der Waals surface area (Å²) in [5.74, 6) is 3.65. The molecular formula is C37H44F5N5O6. The number of aromatic nitrogens is 1. The molecule has 0 bridgehead atoms. The zero-order valence-corrected chi connectivity index (χ0v) is 30.8. The maximum absolute atomic E-state index is 15.4. The number of hydrogen-bond donors (Lipinski definition) is 2. The van der Waals surface area contributed by atoms with Gasteiger partial charge in [-0.05, 0) is 78.1 Å². The lowest BCUT2D eigenvalue weighted by molar-refractivity contribution is -0.140. The molecule has 2 N–H and O–H groups in total. The number of alkyl halides is 4. The average Bonchev–Trinajstić information content (AvgIpc) is 3.38. The fourth-order valence-electron chi connectivity index (χ4n) is 5.62. The third-order valence-electron chi connectivity index (χ3n) is 7.92. The highest BCUT2D eigenvalue weighted by molar-refractivity contribution is 5.97. The lowest BCUT2D eigenvalue weighted by Gasteiger charge is -2.36. The number of nitrogens with zero attached hydrogens (tertiary/aromatic N) is 3. The third kappa shape index (κ3) is 10.5. The Morgan fingerprint density at radius 3 is 2.28 bits per heavy atom. The molecule has 1 aromatic heterocycles. The summed E-state index contributed by atoms with van der Waals surface area (Å²) in [6.45, 7) is 8.04. The van der Waals surface area contributed by atoms with E-state index in [1.54, 1.807) is 47.6 Å². The van der Waals surface area contributed by atoms with Gasteiger partial charge in [-0.2, -0.15) is 13.2 Å². The molecule has 3 amide bonds. The first-order valence-corrected chi connectivity index (χ1v) is 16.8. The molecule has 2 atom stereocenters. The number of rotatable bonds is 7. The molecule has 2 unspecified atom stereocenters. The first kappa shape index (κ1) is 40.6. The van der Waals surface area contributed by atoms with Crippen LogP contribution in [0.1, 0.15) is 64.0 Å². The maximum atomic E-state index is 15.4. The van der Waals surface area contributed by atoms with Gasteiger partial charge in [0.25, 0.3) is 5.91 Å². The first-order valence-electron chi connectivity index (χ1n) is 16.8. The van der Waals surface area contributed by atoms with Crippen LogP contribution in [0.5, 0.6) is 5.75 Å². The molecule has 1 saturated heterocycles. The summed E-state index contributed by atoms with van der Waals surface area (Å²) >= 11 is 0. The Balaban J connectivity index is 1.70. The molecule has 288 valence electrons. The molecule has 16 heteroatoms. The van der Waals surface area contributed by atoms with Crippen molar-refractivity contribution in [2.24, 2.45) is 0 Å². The van der Waals surface area contributed by atoms with Crippen molar-refractivity contribution in [2.75, 3.05) is 44.0 Å². The van der Waals surface area contributed by atoms with Crippen LogP contribution in [0.15, 0.2) is 36.4 Å². The minimum absolute atomic E-state index is 0.0670. The fourth-order valence-corrected chi connectivity index (χ4v) is 5.62. The molecule has 1 aliphatic heterocycles. The van der Waals surface area contributed by atoms with E-state index in [9.17, 15) is 27.6 Å². The number of nitrogens with one attached hydrogen (secondary N) is 2. The Labute approximate surface area is 304 Å². The SMILES string of the molecule is CNC(=O)c1cc(OC)c(N(CC#Cc2cc3c(NC4CCN(C(=O)OC(C)(C)C)CC4F)cccc3n2CC(F)(F)F)C(=O)OC(C)(C)C)cc1F. The van der Waals surface area contributed by atoms with Gasteiger partial charge in [0, 0.05) is 30.7 Å². The minimum Gasteiger partial charge on any atom is -0.495 e. The van der Waals surface area contributed by atoms with E-state index in [0.717, 1.165) is 21.6 Å². The second-order valence-corrected chi connectivity index (χ2v) is 14.4. The number of carbonyl (C=O) groups excluding carboxylic acids is 3. The number of halogens is 5. The molecule has 2 heterocycles. The van der Waals surface area contributed by atoms with Crippen LogP contribution in [-0.2, 0) is 16.0 Å². The van der Waals surface area contributed by atoms with Crippen LogP contribution in [-0.4, -0.2) is 90.9 Å². The van der Waals surface area contributed by atoms with Crippen LogP contribution in [0.25, 0.3) is 10.9 Å². The van der Waals surface area contributed by atoms with Crippen molar-refractivity contribution in [3.05, 3.63) is 53.5 Å². The summed E-state index contributed by atoms with van der Waals surface area (Å²) in [5, 5.41) is 5.76. The predicted octanol–water partition coefficient (Wildman–Crippen LogP) is 7.26. The summed E-state index contributed by atoms with van der Waals surface area (Å²) in [4.78, 5) is 40.3. The van der Waals surface area contributed by atoms with E-state index in [1.807, 2.05) is 0 Å². The quantitative estimate of drug-likeness (QED) is 0.193. The van der Waals surface area contributed by atoms with Crippen molar-refractivity contribution in [3.8, 4) is 17.6 Å². The summed E-state index contributed by atoms with van der Waals surface area (Å²) in [7, 11) is 2.57. The Bertz CT molecular complexity index is 1900. The van der Waals surface area contributed by atoms with E-state index in [0.29, 0.717) is 11.1 Å². The molecule has 2 aromatic carbocycles. The minimum atomic E-state index is -4.65. The molecule has 53 heavy (non-hydrogen) atoms. The van der Waals surface area contributed by atoms with Gasteiger partial charge in [0.15, 0.2) is 0 Å². The van der Waals surface area contributed by atoms with Crippen LogP contribution in [0, 0.1) is 17.7 Å². The number of ether oxygens (including phenoxy) is 3. The monoisotopic (exact) mass is 749 g/mol. The third-order valence-corrected chi connectivity index (χ3v) is 7.92. The van der Waals surface area contributed by atoms with E-state index >= 15 is 8.78 Å². The Kier molecular flexibility index (Phi) is 12.1. The van der Waals surface area contributed by atoms with Gasteiger partial charge in [-0.1, -0.05) is 12.0 Å². The Morgan fingerprint density at radius 2 is 1.70 bits per heavy atom. The number of carbonyl (C=O) groups is 3. The topological polar surface area (TPSA) is 114 Å². The fraction of sp³-hybridized carbons (Fsp3) is 0.486.